The second kappa shape index (κ2) is 4.62. The van der Waals surface area contributed by atoms with Gasteiger partial charge >= 0.3 is 5.97 Å². The van der Waals surface area contributed by atoms with Gasteiger partial charge in [0.15, 0.2) is 6.04 Å². The minimum absolute atomic E-state index is 0.0753. The molecule has 18 heavy (non-hydrogen) atoms. The third kappa shape index (κ3) is 1.78. The zero-order chi connectivity index (χ0) is 13.3. The van der Waals surface area contributed by atoms with Crippen LogP contribution in [0.2, 0.25) is 0 Å². The summed E-state index contributed by atoms with van der Waals surface area (Å²) < 4.78 is 4.86. The molecule has 1 N–H and O–H groups in total. The van der Waals surface area contributed by atoms with Crippen molar-refractivity contribution in [3.8, 4) is 0 Å². The summed E-state index contributed by atoms with van der Waals surface area (Å²) in [5.41, 5.74) is 1.55. The SMILES string of the molecule is C=C1c2ccccc2C(=O)N1C(COC)C(=O)O. The van der Waals surface area contributed by atoms with Gasteiger partial charge in [0.25, 0.3) is 5.91 Å². The summed E-state index contributed by atoms with van der Waals surface area (Å²) in [7, 11) is 1.40. The Balaban J connectivity index is 2.41. The molecule has 0 bridgehead atoms. The predicted molar refractivity (Wildman–Crippen MR) is 64.9 cm³/mol. The third-order valence-corrected chi connectivity index (χ3v) is 2.90. The Morgan fingerprint density at radius 3 is 2.56 bits per heavy atom. The monoisotopic (exact) mass is 247 g/mol. The van der Waals surface area contributed by atoms with E-state index in [0.29, 0.717) is 16.8 Å². The predicted octanol–water partition coefficient (Wildman–Crippen LogP) is 1.21. The van der Waals surface area contributed by atoms with Crippen LogP contribution < -0.4 is 0 Å². The number of carbonyl (C=O) groups is 2. The van der Waals surface area contributed by atoms with Crippen LogP contribution in [0.5, 0.6) is 0 Å². The van der Waals surface area contributed by atoms with Gasteiger partial charge < -0.3 is 9.84 Å². The van der Waals surface area contributed by atoms with Gasteiger partial charge in [-0.3, -0.25) is 9.69 Å². The highest BCUT2D eigenvalue weighted by molar-refractivity contribution is 6.10. The van der Waals surface area contributed by atoms with E-state index in [2.05, 4.69) is 6.58 Å². The molecule has 1 atom stereocenters. The molecule has 1 amide bonds. The molecular formula is C13H13NO4. The van der Waals surface area contributed by atoms with Crippen molar-refractivity contribution in [2.24, 2.45) is 0 Å². The highest BCUT2D eigenvalue weighted by Crippen LogP contribution is 2.32. The zero-order valence-electron chi connectivity index (χ0n) is 9.92. The van der Waals surface area contributed by atoms with Gasteiger partial charge in [0.05, 0.1) is 6.61 Å². The highest BCUT2D eigenvalue weighted by Gasteiger charge is 2.38. The van der Waals surface area contributed by atoms with Crippen LogP contribution in [0.4, 0.5) is 0 Å². The van der Waals surface area contributed by atoms with Gasteiger partial charge in [0, 0.05) is 23.9 Å². The molecule has 2 rings (SSSR count). The van der Waals surface area contributed by atoms with Crippen LogP contribution in [0.15, 0.2) is 30.8 Å². The first-order chi connectivity index (χ1) is 8.57. The van der Waals surface area contributed by atoms with Crippen molar-refractivity contribution >= 4 is 17.6 Å². The lowest BCUT2D eigenvalue weighted by molar-refractivity contribution is -0.142. The van der Waals surface area contributed by atoms with E-state index < -0.39 is 12.0 Å². The van der Waals surface area contributed by atoms with Crippen LogP contribution in [0.1, 0.15) is 15.9 Å². The van der Waals surface area contributed by atoms with Gasteiger partial charge in [-0.1, -0.05) is 24.8 Å². The lowest BCUT2D eigenvalue weighted by Crippen LogP contribution is -2.43. The first kappa shape index (κ1) is 12.3. The number of aliphatic carboxylic acids is 1. The molecule has 5 heteroatoms. The molecule has 0 aromatic heterocycles. The number of carboxylic acid groups (broad SMARTS) is 1. The molecule has 0 aliphatic carbocycles. The van der Waals surface area contributed by atoms with E-state index >= 15 is 0 Å². The summed E-state index contributed by atoms with van der Waals surface area (Å²) in [6.07, 6.45) is 0. The Morgan fingerprint density at radius 1 is 1.44 bits per heavy atom. The smallest absolute Gasteiger partial charge is 0.329 e. The zero-order valence-corrected chi connectivity index (χ0v) is 9.92. The fraction of sp³-hybridized carbons (Fsp3) is 0.231. The molecular weight excluding hydrogens is 234 g/mol. The summed E-state index contributed by atoms with van der Waals surface area (Å²) in [4.78, 5) is 24.6. The van der Waals surface area contributed by atoms with E-state index in [4.69, 9.17) is 9.84 Å². The first-order valence-corrected chi connectivity index (χ1v) is 5.41. The number of nitrogens with zero attached hydrogens (tertiary/aromatic N) is 1. The number of hydrogen-bond acceptors (Lipinski definition) is 3. The minimum Gasteiger partial charge on any atom is -0.480 e. The number of fused-ring (bicyclic) bond motifs is 1. The van der Waals surface area contributed by atoms with E-state index in [1.165, 1.54) is 12.0 Å². The normalized spacial score (nSPS) is 15.7. The molecule has 1 aliphatic heterocycles. The van der Waals surface area contributed by atoms with Crippen molar-refractivity contribution in [2.75, 3.05) is 13.7 Å². The van der Waals surface area contributed by atoms with Crippen molar-refractivity contribution in [1.82, 2.24) is 4.90 Å². The standard InChI is InChI=1S/C13H13NO4/c1-8-9-5-3-4-6-10(9)12(15)14(8)11(7-18-2)13(16)17/h3-6,11H,1,7H2,2H3,(H,16,17). The molecule has 0 saturated heterocycles. The number of amides is 1. The lowest BCUT2D eigenvalue weighted by Gasteiger charge is -2.24. The Kier molecular flexibility index (Phi) is 3.16. The maximum absolute atomic E-state index is 12.2. The van der Waals surface area contributed by atoms with Crippen LogP contribution in [-0.4, -0.2) is 41.6 Å². The molecule has 1 aromatic rings. The number of hydrogen-bond donors (Lipinski definition) is 1. The molecule has 0 saturated carbocycles. The van der Waals surface area contributed by atoms with Gasteiger partial charge in [0.2, 0.25) is 0 Å². The number of benzene rings is 1. The summed E-state index contributed by atoms with van der Waals surface area (Å²) in [6.45, 7) is 3.72. The number of methoxy groups -OCH3 is 1. The minimum atomic E-state index is -1.11. The van der Waals surface area contributed by atoms with E-state index in [9.17, 15) is 9.59 Å². The van der Waals surface area contributed by atoms with Gasteiger partial charge in [-0.25, -0.2) is 4.79 Å². The molecule has 1 heterocycles. The van der Waals surface area contributed by atoms with E-state index in [0.717, 1.165) is 0 Å². The molecule has 1 aromatic carbocycles. The van der Waals surface area contributed by atoms with Gasteiger partial charge in [-0.2, -0.15) is 0 Å². The summed E-state index contributed by atoms with van der Waals surface area (Å²) in [5, 5.41) is 9.16. The lowest BCUT2D eigenvalue weighted by atomic mass is 10.1. The average molecular weight is 247 g/mol. The topological polar surface area (TPSA) is 66.8 Å². The van der Waals surface area contributed by atoms with Crippen molar-refractivity contribution in [2.45, 2.75) is 6.04 Å². The maximum Gasteiger partial charge on any atom is 0.329 e. The van der Waals surface area contributed by atoms with E-state index in [1.807, 2.05) is 0 Å². The first-order valence-electron chi connectivity index (χ1n) is 5.41. The maximum atomic E-state index is 12.2. The average Bonchev–Trinajstić information content (AvgIpc) is 2.60. The molecule has 5 nitrogen and oxygen atoms in total. The molecule has 1 unspecified atom stereocenters. The van der Waals surface area contributed by atoms with Crippen LogP contribution in [-0.2, 0) is 9.53 Å². The Bertz CT molecular complexity index is 488. The Labute approximate surface area is 104 Å². The largest absolute Gasteiger partial charge is 0.480 e. The number of ether oxygens (including phenoxy) is 1. The fourth-order valence-electron chi connectivity index (χ4n) is 2.05. The number of carbonyl (C=O) groups excluding carboxylic acids is 1. The Hall–Kier alpha value is -2.14. The Morgan fingerprint density at radius 2 is 2.06 bits per heavy atom. The van der Waals surface area contributed by atoms with Gasteiger partial charge in [-0.05, 0) is 6.07 Å². The second-order valence-corrected chi connectivity index (χ2v) is 3.98. The highest BCUT2D eigenvalue weighted by atomic mass is 16.5. The van der Waals surface area contributed by atoms with E-state index in [1.54, 1.807) is 24.3 Å². The van der Waals surface area contributed by atoms with Gasteiger partial charge in [-0.15, -0.1) is 0 Å². The van der Waals surface area contributed by atoms with E-state index in [-0.39, 0.29) is 12.5 Å². The quantitative estimate of drug-likeness (QED) is 0.868. The van der Waals surface area contributed by atoms with Crippen LogP contribution in [0.3, 0.4) is 0 Å². The van der Waals surface area contributed by atoms with Crippen molar-refractivity contribution in [3.05, 3.63) is 42.0 Å². The van der Waals surface area contributed by atoms with Crippen molar-refractivity contribution in [1.29, 1.82) is 0 Å². The molecule has 94 valence electrons. The van der Waals surface area contributed by atoms with Crippen LogP contribution >= 0.6 is 0 Å². The second-order valence-electron chi connectivity index (χ2n) is 3.98. The number of rotatable bonds is 4. The van der Waals surface area contributed by atoms with Crippen molar-refractivity contribution < 1.29 is 19.4 Å². The summed E-state index contributed by atoms with van der Waals surface area (Å²) >= 11 is 0. The summed E-state index contributed by atoms with van der Waals surface area (Å²) in [5.74, 6) is -1.46. The fourth-order valence-corrected chi connectivity index (χ4v) is 2.05. The van der Waals surface area contributed by atoms with Crippen LogP contribution in [0.25, 0.3) is 5.70 Å². The van der Waals surface area contributed by atoms with Crippen molar-refractivity contribution in [3.63, 3.8) is 0 Å². The molecule has 0 radical (unpaired) electrons. The van der Waals surface area contributed by atoms with Crippen LogP contribution in [0, 0.1) is 0 Å². The summed E-state index contributed by atoms with van der Waals surface area (Å²) in [6, 6.07) is 5.88. The molecule has 0 spiro atoms. The third-order valence-electron chi connectivity index (χ3n) is 2.90. The molecule has 1 aliphatic rings. The van der Waals surface area contributed by atoms with Gasteiger partial charge in [0.1, 0.15) is 0 Å². The number of carboxylic acids is 1. The molecule has 0 fully saturated rings.